The fraction of sp³-hybridized carbons (Fsp3) is 0.500. The third-order valence-electron chi connectivity index (χ3n) is 2.72. The summed E-state index contributed by atoms with van der Waals surface area (Å²) >= 11 is 1.69. The first-order chi connectivity index (χ1) is 8.59. The first-order valence-corrected chi connectivity index (χ1v) is 7.13. The lowest BCUT2D eigenvalue weighted by atomic mass is 9.98. The van der Waals surface area contributed by atoms with Crippen molar-refractivity contribution >= 4 is 11.8 Å². The van der Waals surface area contributed by atoms with Crippen LogP contribution in [0.1, 0.15) is 26.7 Å². The molecular weight excluding hydrogens is 247 g/mol. The topological polar surface area (TPSA) is 35.8 Å². The fourth-order valence-corrected chi connectivity index (χ4v) is 2.57. The molecule has 0 heterocycles. The van der Waals surface area contributed by atoms with E-state index in [4.69, 9.17) is 5.26 Å². The number of hydrogen-bond donors (Lipinski definition) is 1. The van der Waals surface area contributed by atoms with Crippen LogP contribution in [-0.2, 0) is 0 Å². The number of thioether (sulfide) groups is 1. The van der Waals surface area contributed by atoms with Crippen LogP contribution in [0.15, 0.2) is 29.2 Å². The van der Waals surface area contributed by atoms with E-state index in [2.05, 4.69) is 11.4 Å². The molecule has 98 valence electrons. The molecular formula is C14H19FN2S. The highest BCUT2D eigenvalue weighted by atomic mass is 32.2. The molecule has 0 amide bonds. The highest BCUT2D eigenvalue weighted by Gasteiger charge is 2.21. The minimum atomic E-state index is -0.432. The van der Waals surface area contributed by atoms with Gasteiger partial charge in [-0.15, -0.1) is 11.8 Å². The van der Waals surface area contributed by atoms with Crippen LogP contribution in [0.3, 0.4) is 0 Å². The molecule has 1 aromatic rings. The Morgan fingerprint density at radius 3 is 2.61 bits per heavy atom. The minimum Gasteiger partial charge on any atom is -0.300 e. The summed E-state index contributed by atoms with van der Waals surface area (Å²) in [5, 5.41) is 12.3. The summed E-state index contributed by atoms with van der Waals surface area (Å²) < 4.78 is 12.7. The summed E-state index contributed by atoms with van der Waals surface area (Å²) in [7, 11) is 0. The van der Waals surface area contributed by atoms with Gasteiger partial charge < -0.3 is 0 Å². The Labute approximate surface area is 113 Å². The predicted octanol–water partition coefficient (Wildman–Crippen LogP) is 3.59. The maximum absolute atomic E-state index is 12.7. The lowest BCUT2D eigenvalue weighted by molar-refractivity contribution is 0.426. The van der Waals surface area contributed by atoms with E-state index in [1.807, 2.05) is 13.8 Å². The first kappa shape index (κ1) is 15.0. The van der Waals surface area contributed by atoms with Gasteiger partial charge in [0.15, 0.2) is 0 Å². The highest BCUT2D eigenvalue weighted by Crippen LogP contribution is 2.21. The normalized spacial score (nSPS) is 13.9. The van der Waals surface area contributed by atoms with Crippen molar-refractivity contribution in [1.82, 2.24) is 5.32 Å². The van der Waals surface area contributed by atoms with Crippen molar-refractivity contribution in [3.63, 3.8) is 0 Å². The van der Waals surface area contributed by atoms with Gasteiger partial charge in [0.1, 0.15) is 11.4 Å². The van der Waals surface area contributed by atoms with Crippen LogP contribution in [-0.4, -0.2) is 17.8 Å². The third-order valence-corrected chi connectivity index (χ3v) is 3.82. The zero-order valence-corrected chi connectivity index (χ0v) is 11.7. The summed E-state index contributed by atoms with van der Waals surface area (Å²) in [5.74, 6) is 0.734. The molecule has 0 radical (unpaired) electrons. The monoisotopic (exact) mass is 266 g/mol. The number of nitrogens with zero attached hydrogens (tertiary/aromatic N) is 1. The summed E-state index contributed by atoms with van der Waals surface area (Å²) in [6.07, 6.45) is 1.78. The average molecular weight is 266 g/mol. The van der Waals surface area contributed by atoms with Gasteiger partial charge in [0.2, 0.25) is 0 Å². The van der Waals surface area contributed by atoms with E-state index in [1.54, 1.807) is 23.9 Å². The Balaban J connectivity index is 2.30. The van der Waals surface area contributed by atoms with Crippen molar-refractivity contribution in [3.05, 3.63) is 30.1 Å². The van der Waals surface area contributed by atoms with Gasteiger partial charge in [-0.2, -0.15) is 5.26 Å². The van der Waals surface area contributed by atoms with E-state index < -0.39 is 5.54 Å². The highest BCUT2D eigenvalue weighted by molar-refractivity contribution is 7.99. The largest absolute Gasteiger partial charge is 0.300 e. The van der Waals surface area contributed by atoms with Gasteiger partial charge in [0.25, 0.3) is 0 Å². The fourth-order valence-electron chi connectivity index (χ4n) is 1.72. The Morgan fingerprint density at radius 1 is 1.39 bits per heavy atom. The average Bonchev–Trinajstić information content (AvgIpc) is 2.37. The van der Waals surface area contributed by atoms with Gasteiger partial charge in [0, 0.05) is 4.90 Å². The minimum absolute atomic E-state index is 0.205. The lowest BCUT2D eigenvalue weighted by Gasteiger charge is -2.22. The van der Waals surface area contributed by atoms with Crippen molar-refractivity contribution < 1.29 is 4.39 Å². The molecule has 18 heavy (non-hydrogen) atoms. The van der Waals surface area contributed by atoms with E-state index in [1.165, 1.54) is 12.1 Å². The molecule has 0 aliphatic carbocycles. The van der Waals surface area contributed by atoms with Gasteiger partial charge in [-0.3, -0.25) is 5.32 Å². The Hall–Kier alpha value is -1.05. The van der Waals surface area contributed by atoms with Crippen LogP contribution in [0.2, 0.25) is 0 Å². The standard InChI is InChI=1S/C14H19FN2S/c1-3-17-14(2,11-16)9-4-10-18-13-7-5-12(15)6-8-13/h5-8,17H,3-4,9-10H2,1-2H3. The molecule has 1 N–H and O–H groups in total. The molecule has 0 aromatic heterocycles. The molecule has 1 rings (SSSR count). The third kappa shape index (κ3) is 5.07. The molecule has 0 saturated heterocycles. The second kappa shape index (κ2) is 7.40. The zero-order chi connectivity index (χ0) is 13.4. The zero-order valence-electron chi connectivity index (χ0n) is 10.9. The molecule has 0 aliphatic rings. The maximum atomic E-state index is 12.7. The number of halogens is 1. The summed E-state index contributed by atoms with van der Waals surface area (Å²) in [6.45, 7) is 4.73. The second-order valence-corrected chi connectivity index (χ2v) is 5.55. The van der Waals surface area contributed by atoms with Crippen LogP contribution in [0, 0.1) is 17.1 Å². The number of rotatable bonds is 7. The Bertz CT molecular complexity index is 399. The van der Waals surface area contributed by atoms with Crippen LogP contribution in [0.5, 0.6) is 0 Å². The molecule has 0 bridgehead atoms. The smallest absolute Gasteiger partial charge is 0.123 e. The lowest BCUT2D eigenvalue weighted by Crippen LogP contribution is -2.40. The maximum Gasteiger partial charge on any atom is 0.123 e. The first-order valence-electron chi connectivity index (χ1n) is 6.14. The molecule has 4 heteroatoms. The summed E-state index contributed by atoms with van der Waals surface area (Å²) in [6, 6.07) is 8.83. The quantitative estimate of drug-likeness (QED) is 0.605. The SMILES string of the molecule is CCNC(C)(C#N)CCCSc1ccc(F)cc1. The predicted molar refractivity (Wildman–Crippen MR) is 74.1 cm³/mol. The molecule has 0 aliphatic heterocycles. The van der Waals surface area contributed by atoms with Gasteiger partial charge in [-0.1, -0.05) is 6.92 Å². The van der Waals surface area contributed by atoms with E-state index >= 15 is 0 Å². The molecule has 0 saturated carbocycles. The van der Waals surface area contributed by atoms with Crippen LogP contribution < -0.4 is 5.32 Å². The Kier molecular flexibility index (Phi) is 6.17. The van der Waals surface area contributed by atoms with Crippen LogP contribution in [0.25, 0.3) is 0 Å². The van der Waals surface area contributed by atoms with Crippen LogP contribution in [0.4, 0.5) is 4.39 Å². The summed E-state index contributed by atoms with van der Waals surface area (Å²) in [4.78, 5) is 1.07. The van der Waals surface area contributed by atoms with Crippen LogP contribution >= 0.6 is 11.8 Å². The number of hydrogen-bond acceptors (Lipinski definition) is 3. The van der Waals surface area contributed by atoms with Crippen molar-refractivity contribution in [2.24, 2.45) is 0 Å². The second-order valence-electron chi connectivity index (χ2n) is 4.38. The van der Waals surface area contributed by atoms with Crippen molar-refractivity contribution in [2.75, 3.05) is 12.3 Å². The molecule has 1 atom stereocenters. The summed E-state index contributed by atoms with van der Waals surface area (Å²) in [5.41, 5.74) is -0.432. The van der Waals surface area contributed by atoms with Crippen molar-refractivity contribution in [1.29, 1.82) is 5.26 Å². The van der Waals surface area contributed by atoms with E-state index in [0.717, 1.165) is 30.0 Å². The molecule has 2 nitrogen and oxygen atoms in total. The molecule has 0 spiro atoms. The molecule has 1 aromatic carbocycles. The number of nitrogens with one attached hydrogen (secondary N) is 1. The van der Waals surface area contributed by atoms with Gasteiger partial charge in [-0.05, 0) is 56.3 Å². The molecule has 1 unspecified atom stereocenters. The van der Waals surface area contributed by atoms with Gasteiger partial charge in [0.05, 0.1) is 6.07 Å². The van der Waals surface area contributed by atoms with Gasteiger partial charge in [-0.25, -0.2) is 4.39 Å². The Morgan fingerprint density at radius 2 is 2.06 bits per heavy atom. The van der Waals surface area contributed by atoms with Crippen molar-refractivity contribution in [3.8, 4) is 6.07 Å². The number of nitriles is 1. The van der Waals surface area contributed by atoms with E-state index in [0.29, 0.717) is 0 Å². The van der Waals surface area contributed by atoms with Gasteiger partial charge >= 0.3 is 0 Å². The van der Waals surface area contributed by atoms with E-state index in [-0.39, 0.29) is 5.82 Å². The van der Waals surface area contributed by atoms with Crippen molar-refractivity contribution in [2.45, 2.75) is 37.1 Å². The number of benzene rings is 1. The van der Waals surface area contributed by atoms with E-state index in [9.17, 15) is 4.39 Å². The molecule has 0 fully saturated rings.